The first kappa shape index (κ1) is 19.8. The number of hydrogen-bond donors (Lipinski definition) is 0. The smallest absolute Gasteiger partial charge is 0.294 e. The van der Waals surface area contributed by atoms with Crippen molar-refractivity contribution in [2.45, 2.75) is 19.9 Å². The summed E-state index contributed by atoms with van der Waals surface area (Å²) in [6.07, 6.45) is 4.39. The highest BCUT2D eigenvalue weighted by atomic mass is 16.5. The average molecular weight is 383 g/mol. The van der Waals surface area contributed by atoms with E-state index in [4.69, 9.17) is 9.47 Å². The van der Waals surface area contributed by atoms with Crippen LogP contribution < -0.4 is 15.2 Å². The number of anilines is 1. The van der Waals surface area contributed by atoms with Crippen molar-refractivity contribution in [1.29, 1.82) is 0 Å². The molecule has 0 bridgehead atoms. The van der Waals surface area contributed by atoms with E-state index in [0.717, 1.165) is 17.5 Å². The van der Waals surface area contributed by atoms with Crippen LogP contribution in [0.2, 0.25) is 0 Å². The molecule has 0 radical (unpaired) electrons. The number of methoxy groups -OCH3 is 1. The van der Waals surface area contributed by atoms with Crippen LogP contribution >= 0.6 is 0 Å². The predicted molar refractivity (Wildman–Crippen MR) is 109 cm³/mol. The van der Waals surface area contributed by atoms with Gasteiger partial charge in [-0.3, -0.25) is 9.36 Å². The van der Waals surface area contributed by atoms with Gasteiger partial charge in [-0.05, 0) is 18.6 Å². The minimum atomic E-state index is -0.163. The molecule has 8 nitrogen and oxygen atoms in total. The first-order valence-electron chi connectivity index (χ1n) is 9.21. The lowest BCUT2D eigenvalue weighted by atomic mass is 10.1. The molecular weight excluding hydrogens is 358 g/mol. The van der Waals surface area contributed by atoms with Crippen molar-refractivity contribution in [3.8, 4) is 17.0 Å². The zero-order valence-electron chi connectivity index (χ0n) is 16.7. The van der Waals surface area contributed by atoms with Crippen LogP contribution in [-0.2, 0) is 11.3 Å². The molecule has 0 saturated carbocycles. The zero-order valence-corrected chi connectivity index (χ0v) is 16.7. The highest BCUT2D eigenvalue weighted by Gasteiger charge is 2.14. The molecule has 0 spiro atoms. The van der Waals surface area contributed by atoms with Gasteiger partial charge < -0.3 is 14.4 Å². The molecule has 0 saturated heterocycles. The van der Waals surface area contributed by atoms with E-state index in [1.54, 1.807) is 49.1 Å². The van der Waals surface area contributed by atoms with E-state index in [0.29, 0.717) is 42.6 Å². The molecule has 3 aromatic rings. The molecule has 0 fully saturated rings. The summed E-state index contributed by atoms with van der Waals surface area (Å²) in [5, 5.41) is 0. The van der Waals surface area contributed by atoms with Crippen LogP contribution in [0.4, 0.5) is 5.82 Å². The van der Waals surface area contributed by atoms with Gasteiger partial charge in [0.1, 0.15) is 0 Å². The Kier molecular flexibility index (Phi) is 6.20. The van der Waals surface area contributed by atoms with E-state index in [2.05, 4.69) is 21.9 Å². The molecule has 28 heavy (non-hydrogen) atoms. The van der Waals surface area contributed by atoms with Crippen LogP contribution in [0.15, 0.2) is 35.4 Å². The summed E-state index contributed by atoms with van der Waals surface area (Å²) >= 11 is 0. The fourth-order valence-electron chi connectivity index (χ4n) is 2.85. The normalized spacial score (nSPS) is 11.0. The standard InChI is InChI=1S/C20H25N5O3/c1-5-9-28-10-8-25-16-11-15(14-6-7-17(27-4)21-12-14)13-22-18(16)23-19(20(25)26)24(2)3/h6-7,11-13H,5,8-10H2,1-4H3. The van der Waals surface area contributed by atoms with Crippen molar-refractivity contribution in [3.05, 3.63) is 40.9 Å². The Morgan fingerprint density at radius 2 is 1.89 bits per heavy atom. The monoisotopic (exact) mass is 383 g/mol. The van der Waals surface area contributed by atoms with Crippen molar-refractivity contribution >= 4 is 17.0 Å². The number of pyridine rings is 2. The van der Waals surface area contributed by atoms with Gasteiger partial charge in [-0.2, -0.15) is 0 Å². The SMILES string of the molecule is CCCOCCn1c(=O)c(N(C)C)nc2ncc(-c3ccc(OC)nc3)cc21. The van der Waals surface area contributed by atoms with Crippen LogP contribution in [-0.4, -0.2) is 53.9 Å². The Labute approximate surface area is 163 Å². The number of ether oxygens (including phenoxy) is 2. The largest absolute Gasteiger partial charge is 0.481 e. The van der Waals surface area contributed by atoms with Gasteiger partial charge in [0.25, 0.3) is 5.56 Å². The summed E-state index contributed by atoms with van der Waals surface area (Å²) in [6.45, 7) is 3.61. The summed E-state index contributed by atoms with van der Waals surface area (Å²) in [7, 11) is 5.17. The van der Waals surface area contributed by atoms with Gasteiger partial charge in [0.2, 0.25) is 5.88 Å². The average Bonchev–Trinajstić information content (AvgIpc) is 2.71. The Balaban J connectivity index is 2.08. The molecule has 0 aliphatic carbocycles. The molecule has 148 valence electrons. The number of aromatic nitrogens is 4. The molecule has 0 N–H and O–H groups in total. The Morgan fingerprint density at radius 1 is 1.11 bits per heavy atom. The highest BCUT2D eigenvalue weighted by molar-refractivity contribution is 5.79. The van der Waals surface area contributed by atoms with Gasteiger partial charge in [0, 0.05) is 56.8 Å². The van der Waals surface area contributed by atoms with Crippen molar-refractivity contribution < 1.29 is 9.47 Å². The van der Waals surface area contributed by atoms with Crippen molar-refractivity contribution in [2.75, 3.05) is 39.3 Å². The number of hydrogen-bond acceptors (Lipinski definition) is 7. The summed E-state index contributed by atoms with van der Waals surface area (Å²) in [4.78, 5) is 27.8. The zero-order chi connectivity index (χ0) is 20.1. The summed E-state index contributed by atoms with van der Waals surface area (Å²) in [5.74, 6) is 0.897. The van der Waals surface area contributed by atoms with E-state index in [1.165, 1.54) is 0 Å². The van der Waals surface area contributed by atoms with E-state index in [-0.39, 0.29) is 5.56 Å². The summed E-state index contributed by atoms with van der Waals surface area (Å²) in [6, 6.07) is 5.61. The van der Waals surface area contributed by atoms with Gasteiger partial charge in [0.05, 0.1) is 19.2 Å². The number of fused-ring (bicyclic) bond motifs is 1. The summed E-state index contributed by atoms with van der Waals surface area (Å²) < 4.78 is 12.4. The van der Waals surface area contributed by atoms with Crippen LogP contribution in [0.5, 0.6) is 5.88 Å². The van der Waals surface area contributed by atoms with Crippen LogP contribution in [0, 0.1) is 0 Å². The second-order valence-electron chi connectivity index (χ2n) is 6.55. The van der Waals surface area contributed by atoms with E-state index >= 15 is 0 Å². The molecule has 3 heterocycles. The van der Waals surface area contributed by atoms with Crippen LogP contribution in [0.25, 0.3) is 22.3 Å². The summed E-state index contributed by atoms with van der Waals surface area (Å²) in [5.41, 5.74) is 2.76. The first-order chi connectivity index (χ1) is 13.5. The molecule has 3 aromatic heterocycles. The Bertz CT molecular complexity index is 999. The Hall–Kier alpha value is -3.00. The molecular formula is C20H25N5O3. The van der Waals surface area contributed by atoms with E-state index < -0.39 is 0 Å². The third kappa shape index (κ3) is 4.12. The first-order valence-corrected chi connectivity index (χ1v) is 9.21. The molecule has 0 aliphatic heterocycles. The lowest BCUT2D eigenvalue weighted by Crippen LogP contribution is -2.30. The molecule has 0 aromatic carbocycles. The second kappa shape index (κ2) is 8.79. The number of rotatable bonds is 8. The fraction of sp³-hybridized carbons (Fsp3) is 0.400. The predicted octanol–water partition coefficient (Wildman–Crippen LogP) is 2.35. The highest BCUT2D eigenvalue weighted by Crippen LogP contribution is 2.23. The number of nitrogens with zero attached hydrogens (tertiary/aromatic N) is 5. The fourth-order valence-corrected chi connectivity index (χ4v) is 2.85. The third-order valence-corrected chi connectivity index (χ3v) is 4.30. The molecule has 0 amide bonds. The van der Waals surface area contributed by atoms with E-state index in [1.807, 2.05) is 12.1 Å². The maximum absolute atomic E-state index is 13.0. The second-order valence-corrected chi connectivity index (χ2v) is 6.55. The van der Waals surface area contributed by atoms with E-state index in [9.17, 15) is 4.79 Å². The maximum atomic E-state index is 13.0. The Morgan fingerprint density at radius 3 is 2.54 bits per heavy atom. The molecule has 3 rings (SSSR count). The lowest BCUT2D eigenvalue weighted by Gasteiger charge is -2.16. The minimum absolute atomic E-state index is 0.163. The lowest BCUT2D eigenvalue weighted by molar-refractivity contribution is 0.127. The maximum Gasteiger partial charge on any atom is 0.294 e. The molecule has 0 unspecified atom stereocenters. The minimum Gasteiger partial charge on any atom is -0.481 e. The molecule has 8 heteroatoms. The third-order valence-electron chi connectivity index (χ3n) is 4.30. The van der Waals surface area contributed by atoms with Crippen molar-refractivity contribution in [2.24, 2.45) is 0 Å². The van der Waals surface area contributed by atoms with Gasteiger partial charge in [0.15, 0.2) is 11.5 Å². The molecule has 0 aliphatic rings. The van der Waals surface area contributed by atoms with Gasteiger partial charge in [-0.25, -0.2) is 15.0 Å². The van der Waals surface area contributed by atoms with Gasteiger partial charge >= 0.3 is 0 Å². The molecule has 0 atom stereocenters. The quantitative estimate of drug-likeness (QED) is 0.552. The van der Waals surface area contributed by atoms with Crippen LogP contribution in [0.1, 0.15) is 13.3 Å². The van der Waals surface area contributed by atoms with Gasteiger partial charge in [-0.15, -0.1) is 0 Å². The van der Waals surface area contributed by atoms with Gasteiger partial charge in [-0.1, -0.05) is 6.92 Å². The van der Waals surface area contributed by atoms with Crippen LogP contribution in [0.3, 0.4) is 0 Å². The van der Waals surface area contributed by atoms with Crippen molar-refractivity contribution in [1.82, 2.24) is 19.5 Å². The van der Waals surface area contributed by atoms with Crippen molar-refractivity contribution in [3.63, 3.8) is 0 Å². The topological polar surface area (TPSA) is 82.4 Å².